The molecule has 0 atom stereocenters. The van der Waals surface area contributed by atoms with Crippen LogP contribution in [0.15, 0.2) is 11.6 Å². The van der Waals surface area contributed by atoms with Gasteiger partial charge in [-0.05, 0) is 33.6 Å². The molecule has 88 valence electrons. The van der Waals surface area contributed by atoms with Crippen molar-refractivity contribution in [2.45, 2.75) is 64.5 Å². The highest BCUT2D eigenvalue weighted by molar-refractivity contribution is 5.07. The molecule has 0 bridgehead atoms. The van der Waals surface area contributed by atoms with Crippen LogP contribution < -0.4 is 5.32 Å². The van der Waals surface area contributed by atoms with Gasteiger partial charge >= 0.3 is 0 Å². The molecule has 2 nitrogen and oxygen atoms in total. The van der Waals surface area contributed by atoms with E-state index in [1.807, 2.05) is 19.9 Å². The second kappa shape index (κ2) is 5.66. The van der Waals surface area contributed by atoms with Gasteiger partial charge in [-0.15, -0.1) is 0 Å². The summed E-state index contributed by atoms with van der Waals surface area (Å²) in [5, 5.41) is 13.2. The van der Waals surface area contributed by atoms with Crippen LogP contribution in [0.5, 0.6) is 0 Å². The summed E-state index contributed by atoms with van der Waals surface area (Å²) in [5.41, 5.74) is 0.547. The number of hydrogen-bond donors (Lipinski definition) is 2. The topological polar surface area (TPSA) is 32.3 Å². The van der Waals surface area contributed by atoms with Gasteiger partial charge in [-0.25, -0.2) is 0 Å². The van der Waals surface area contributed by atoms with Crippen molar-refractivity contribution in [3.8, 4) is 0 Å². The summed E-state index contributed by atoms with van der Waals surface area (Å²) >= 11 is 0. The van der Waals surface area contributed by atoms with Crippen molar-refractivity contribution in [1.82, 2.24) is 5.32 Å². The highest BCUT2D eigenvalue weighted by Gasteiger charge is 2.13. The lowest BCUT2D eigenvalue weighted by molar-refractivity contribution is 0.132. The molecule has 0 aromatic heterocycles. The van der Waals surface area contributed by atoms with Crippen LogP contribution in [0.4, 0.5) is 0 Å². The van der Waals surface area contributed by atoms with Gasteiger partial charge < -0.3 is 10.4 Å². The Morgan fingerprint density at radius 3 is 2.47 bits per heavy atom. The standard InChI is InChI=1S/C13H25NO/c1-11(9-13(2,3)15)10-14-12-7-5-4-6-8-12/h9,12,14-15H,4-8,10H2,1-3H3/b11-9-. The number of rotatable bonds is 4. The summed E-state index contributed by atoms with van der Waals surface area (Å²) in [6.07, 6.45) is 8.70. The summed E-state index contributed by atoms with van der Waals surface area (Å²) in [7, 11) is 0. The molecular formula is C13H25NO. The minimum atomic E-state index is -0.682. The predicted octanol–water partition coefficient (Wildman–Crippen LogP) is 2.63. The van der Waals surface area contributed by atoms with E-state index in [9.17, 15) is 5.11 Å². The molecule has 0 aliphatic heterocycles. The van der Waals surface area contributed by atoms with Crippen molar-refractivity contribution < 1.29 is 5.11 Å². The molecule has 0 unspecified atom stereocenters. The number of aliphatic hydroxyl groups is 1. The molecule has 0 radical (unpaired) electrons. The predicted molar refractivity (Wildman–Crippen MR) is 64.9 cm³/mol. The van der Waals surface area contributed by atoms with Crippen LogP contribution in [0.2, 0.25) is 0 Å². The molecule has 1 aliphatic rings. The average molecular weight is 211 g/mol. The van der Waals surface area contributed by atoms with E-state index in [2.05, 4.69) is 12.2 Å². The Bertz CT molecular complexity index is 209. The molecule has 0 aromatic carbocycles. The van der Waals surface area contributed by atoms with Crippen molar-refractivity contribution in [3.63, 3.8) is 0 Å². The largest absolute Gasteiger partial charge is 0.386 e. The summed E-state index contributed by atoms with van der Waals surface area (Å²) in [4.78, 5) is 0. The smallest absolute Gasteiger partial charge is 0.0774 e. The fourth-order valence-electron chi connectivity index (χ4n) is 2.27. The molecule has 2 N–H and O–H groups in total. The molecule has 0 aromatic rings. The third-order valence-electron chi connectivity index (χ3n) is 2.87. The lowest BCUT2D eigenvalue weighted by Gasteiger charge is -2.23. The molecule has 1 rings (SSSR count). The van der Waals surface area contributed by atoms with E-state index in [4.69, 9.17) is 0 Å². The van der Waals surface area contributed by atoms with E-state index < -0.39 is 5.60 Å². The molecule has 0 saturated heterocycles. The van der Waals surface area contributed by atoms with Crippen LogP contribution in [0, 0.1) is 0 Å². The van der Waals surface area contributed by atoms with Gasteiger partial charge in [0.15, 0.2) is 0 Å². The first kappa shape index (κ1) is 12.7. The van der Waals surface area contributed by atoms with Gasteiger partial charge in [-0.3, -0.25) is 0 Å². The molecule has 0 heterocycles. The van der Waals surface area contributed by atoms with E-state index in [0.717, 1.165) is 6.54 Å². The summed E-state index contributed by atoms with van der Waals surface area (Å²) in [6, 6.07) is 0.698. The average Bonchev–Trinajstić information content (AvgIpc) is 2.14. The number of hydrogen-bond acceptors (Lipinski definition) is 2. The van der Waals surface area contributed by atoms with Crippen LogP contribution >= 0.6 is 0 Å². The first-order valence-electron chi connectivity index (χ1n) is 6.11. The molecular weight excluding hydrogens is 186 g/mol. The monoisotopic (exact) mass is 211 g/mol. The van der Waals surface area contributed by atoms with Crippen LogP contribution in [-0.4, -0.2) is 23.3 Å². The van der Waals surface area contributed by atoms with Crippen LogP contribution in [0.1, 0.15) is 52.9 Å². The lowest BCUT2D eigenvalue weighted by atomic mass is 9.95. The van der Waals surface area contributed by atoms with Crippen molar-refractivity contribution in [1.29, 1.82) is 0 Å². The van der Waals surface area contributed by atoms with E-state index in [1.54, 1.807) is 0 Å². The molecule has 1 saturated carbocycles. The van der Waals surface area contributed by atoms with E-state index in [-0.39, 0.29) is 0 Å². The van der Waals surface area contributed by atoms with Crippen molar-refractivity contribution >= 4 is 0 Å². The zero-order chi connectivity index (χ0) is 11.3. The Hall–Kier alpha value is -0.340. The van der Waals surface area contributed by atoms with Crippen molar-refractivity contribution in [2.75, 3.05) is 6.54 Å². The third-order valence-corrected chi connectivity index (χ3v) is 2.87. The second-order valence-electron chi connectivity index (χ2n) is 5.36. The maximum atomic E-state index is 9.62. The molecule has 15 heavy (non-hydrogen) atoms. The minimum absolute atomic E-state index is 0.682. The Kier molecular flexibility index (Phi) is 4.81. The Balaban J connectivity index is 2.26. The molecule has 0 spiro atoms. The van der Waals surface area contributed by atoms with Crippen molar-refractivity contribution in [2.24, 2.45) is 0 Å². The summed E-state index contributed by atoms with van der Waals surface area (Å²) in [5.74, 6) is 0. The first-order valence-corrected chi connectivity index (χ1v) is 6.11. The second-order valence-corrected chi connectivity index (χ2v) is 5.36. The van der Waals surface area contributed by atoms with Gasteiger partial charge in [-0.1, -0.05) is 30.9 Å². The molecule has 1 aliphatic carbocycles. The van der Waals surface area contributed by atoms with Crippen LogP contribution in [-0.2, 0) is 0 Å². The highest BCUT2D eigenvalue weighted by Crippen LogP contribution is 2.17. The van der Waals surface area contributed by atoms with Gasteiger partial charge in [-0.2, -0.15) is 0 Å². The Morgan fingerprint density at radius 2 is 1.93 bits per heavy atom. The molecule has 0 amide bonds. The SMILES string of the molecule is C/C(=C/C(C)(C)O)CNC1CCCCC1. The maximum absolute atomic E-state index is 9.62. The Morgan fingerprint density at radius 1 is 1.33 bits per heavy atom. The van der Waals surface area contributed by atoms with Gasteiger partial charge in [0.2, 0.25) is 0 Å². The van der Waals surface area contributed by atoms with Crippen LogP contribution in [0.3, 0.4) is 0 Å². The zero-order valence-electron chi connectivity index (χ0n) is 10.3. The molecule has 2 heteroatoms. The third kappa shape index (κ3) is 5.95. The summed E-state index contributed by atoms with van der Waals surface area (Å²) < 4.78 is 0. The Labute approximate surface area is 93.8 Å². The number of nitrogens with one attached hydrogen (secondary N) is 1. The lowest BCUT2D eigenvalue weighted by Crippen LogP contribution is -2.32. The normalized spacial score (nSPS) is 20.7. The first-order chi connectivity index (χ1) is 6.97. The summed E-state index contributed by atoms with van der Waals surface area (Å²) in [6.45, 7) is 6.62. The molecule has 1 fully saturated rings. The minimum Gasteiger partial charge on any atom is -0.386 e. The van der Waals surface area contributed by atoms with Gasteiger partial charge in [0, 0.05) is 12.6 Å². The van der Waals surface area contributed by atoms with E-state index in [1.165, 1.54) is 37.7 Å². The van der Waals surface area contributed by atoms with E-state index in [0.29, 0.717) is 6.04 Å². The maximum Gasteiger partial charge on any atom is 0.0774 e. The van der Waals surface area contributed by atoms with Crippen molar-refractivity contribution in [3.05, 3.63) is 11.6 Å². The highest BCUT2D eigenvalue weighted by atomic mass is 16.3. The zero-order valence-corrected chi connectivity index (χ0v) is 10.3. The van der Waals surface area contributed by atoms with Gasteiger partial charge in [0.1, 0.15) is 0 Å². The van der Waals surface area contributed by atoms with Crippen LogP contribution in [0.25, 0.3) is 0 Å². The van der Waals surface area contributed by atoms with Gasteiger partial charge in [0.25, 0.3) is 0 Å². The van der Waals surface area contributed by atoms with E-state index >= 15 is 0 Å². The fraction of sp³-hybridized carbons (Fsp3) is 0.846. The fourth-order valence-corrected chi connectivity index (χ4v) is 2.27. The quantitative estimate of drug-likeness (QED) is 0.701. The van der Waals surface area contributed by atoms with Gasteiger partial charge in [0.05, 0.1) is 5.60 Å².